The summed E-state index contributed by atoms with van der Waals surface area (Å²) in [5.41, 5.74) is 0. The van der Waals surface area contributed by atoms with Gasteiger partial charge < -0.3 is 10.2 Å². The van der Waals surface area contributed by atoms with Gasteiger partial charge in [-0.2, -0.15) is 0 Å². The maximum atomic E-state index is 12.7. The predicted octanol–water partition coefficient (Wildman–Crippen LogP) is 3.06. The van der Waals surface area contributed by atoms with Crippen LogP contribution in [0.3, 0.4) is 0 Å². The first kappa shape index (κ1) is 15.2. The standard InChI is InChI=1S/C15H17N3O2S2/c1-9-8-16-15(22-9)17-14(20)10-5-6-12(19)18(2)13(10)11-4-3-7-21-11/h3-4,7-8,10,13H,5-6H2,1-2H3,(H,16,17,20)/t10-,13-/m0/s1. The van der Waals surface area contributed by atoms with Gasteiger partial charge in [0.2, 0.25) is 11.8 Å². The van der Waals surface area contributed by atoms with Crippen molar-refractivity contribution < 1.29 is 9.59 Å². The number of likely N-dealkylation sites (tertiary alicyclic amines) is 1. The van der Waals surface area contributed by atoms with E-state index in [-0.39, 0.29) is 23.8 Å². The van der Waals surface area contributed by atoms with Crippen molar-refractivity contribution in [1.29, 1.82) is 0 Å². The van der Waals surface area contributed by atoms with E-state index in [2.05, 4.69) is 10.3 Å². The highest BCUT2D eigenvalue weighted by Gasteiger charge is 2.39. The van der Waals surface area contributed by atoms with Crippen LogP contribution in [-0.4, -0.2) is 28.7 Å². The molecule has 0 aliphatic carbocycles. The number of carbonyl (C=O) groups is 2. The molecule has 0 bridgehead atoms. The molecule has 0 unspecified atom stereocenters. The van der Waals surface area contributed by atoms with Crippen molar-refractivity contribution in [2.45, 2.75) is 25.8 Å². The molecule has 2 atom stereocenters. The van der Waals surface area contributed by atoms with Crippen molar-refractivity contribution in [2.75, 3.05) is 12.4 Å². The second-order valence-corrected chi connectivity index (χ2v) is 7.59. The van der Waals surface area contributed by atoms with E-state index < -0.39 is 0 Å². The number of thiazole rings is 1. The van der Waals surface area contributed by atoms with E-state index in [0.717, 1.165) is 9.75 Å². The molecule has 1 N–H and O–H groups in total. The zero-order chi connectivity index (χ0) is 15.7. The molecule has 2 aromatic heterocycles. The summed E-state index contributed by atoms with van der Waals surface area (Å²) in [6, 6.07) is 3.74. The van der Waals surface area contributed by atoms with Gasteiger partial charge in [0.25, 0.3) is 0 Å². The fraction of sp³-hybridized carbons (Fsp3) is 0.400. The molecule has 7 heteroatoms. The smallest absolute Gasteiger partial charge is 0.231 e. The highest BCUT2D eigenvalue weighted by atomic mass is 32.1. The third-order valence-corrected chi connectivity index (χ3v) is 5.66. The first-order valence-electron chi connectivity index (χ1n) is 7.08. The molecular formula is C15H17N3O2S2. The SMILES string of the molecule is Cc1cnc(NC(=O)[C@H]2CCC(=O)N(C)[C@@H]2c2cccs2)s1. The predicted molar refractivity (Wildman–Crippen MR) is 88.0 cm³/mol. The van der Waals surface area contributed by atoms with Crippen molar-refractivity contribution in [3.63, 3.8) is 0 Å². The fourth-order valence-electron chi connectivity index (χ4n) is 2.77. The van der Waals surface area contributed by atoms with Crippen LogP contribution in [-0.2, 0) is 9.59 Å². The van der Waals surface area contributed by atoms with E-state index in [4.69, 9.17) is 0 Å². The normalized spacial score (nSPS) is 21.9. The van der Waals surface area contributed by atoms with Crippen molar-refractivity contribution in [1.82, 2.24) is 9.88 Å². The minimum atomic E-state index is -0.245. The van der Waals surface area contributed by atoms with Crippen LogP contribution in [0.15, 0.2) is 23.7 Å². The molecule has 22 heavy (non-hydrogen) atoms. The van der Waals surface area contributed by atoms with Crippen molar-refractivity contribution in [3.8, 4) is 0 Å². The van der Waals surface area contributed by atoms with Crippen LogP contribution in [0.25, 0.3) is 0 Å². The van der Waals surface area contributed by atoms with E-state index in [1.807, 2.05) is 24.4 Å². The number of nitrogens with one attached hydrogen (secondary N) is 1. The van der Waals surface area contributed by atoms with E-state index in [0.29, 0.717) is 18.0 Å². The second-order valence-electron chi connectivity index (χ2n) is 5.38. The first-order chi connectivity index (χ1) is 10.6. The highest BCUT2D eigenvalue weighted by Crippen LogP contribution is 2.38. The summed E-state index contributed by atoms with van der Waals surface area (Å²) in [4.78, 5) is 32.7. The van der Waals surface area contributed by atoms with Crippen LogP contribution in [0.1, 0.15) is 28.6 Å². The number of anilines is 1. The molecule has 2 aromatic rings. The molecule has 0 spiro atoms. The number of hydrogen-bond donors (Lipinski definition) is 1. The van der Waals surface area contributed by atoms with Gasteiger partial charge >= 0.3 is 0 Å². The Morgan fingerprint density at radius 3 is 2.95 bits per heavy atom. The molecule has 0 aromatic carbocycles. The molecule has 5 nitrogen and oxygen atoms in total. The topological polar surface area (TPSA) is 62.3 Å². The Morgan fingerprint density at radius 2 is 2.32 bits per heavy atom. The summed E-state index contributed by atoms with van der Waals surface area (Å²) in [6.45, 7) is 1.95. The molecule has 116 valence electrons. The Hall–Kier alpha value is -1.73. The van der Waals surface area contributed by atoms with Crippen LogP contribution in [0.4, 0.5) is 5.13 Å². The van der Waals surface area contributed by atoms with Crippen LogP contribution >= 0.6 is 22.7 Å². The summed E-state index contributed by atoms with van der Waals surface area (Å²) < 4.78 is 0. The third-order valence-electron chi connectivity index (χ3n) is 3.88. The first-order valence-corrected chi connectivity index (χ1v) is 8.78. The number of carbonyl (C=O) groups excluding carboxylic acids is 2. The molecule has 1 fully saturated rings. The van der Waals surface area contributed by atoms with Crippen molar-refractivity contribution in [2.24, 2.45) is 5.92 Å². The van der Waals surface area contributed by atoms with Crippen LogP contribution in [0.2, 0.25) is 0 Å². The number of nitrogens with zero attached hydrogens (tertiary/aromatic N) is 2. The lowest BCUT2D eigenvalue weighted by molar-refractivity contribution is -0.140. The summed E-state index contributed by atoms with van der Waals surface area (Å²) in [7, 11) is 1.78. The number of aromatic nitrogens is 1. The average molecular weight is 335 g/mol. The molecule has 3 rings (SSSR count). The van der Waals surface area contributed by atoms with E-state index >= 15 is 0 Å². The van der Waals surface area contributed by atoms with E-state index in [9.17, 15) is 9.59 Å². The van der Waals surface area contributed by atoms with Gasteiger partial charge in [-0.1, -0.05) is 6.07 Å². The highest BCUT2D eigenvalue weighted by molar-refractivity contribution is 7.15. The third kappa shape index (κ3) is 2.91. The molecule has 1 saturated heterocycles. The van der Waals surface area contributed by atoms with Crippen molar-refractivity contribution in [3.05, 3.63) is 33.5 Å². The quantitative estimate of drug-likeness (QED) is 0.938. The Balaban J connectivity index is 1.83. The van der Waals surface area contributed by atoms with Gasteiger partial charge in [-0.05, 0) is 24.8 Å². The zero-order valence-electron chi connectivity index (χ0n) is 12.4. The van der Waals surface area contributed by atoms with Crippen molar-refractivity contribution >= 4 is 39.6 Å². The Kier molecular flexibility index (Phi) is 4.26. The Morgan fingerprint density at radius 1 is 1.50 bits per heavy atom. The van der Waals surface area contributed by atoms with Gasteiger partial charge in [0.1, 0.15) is 0 Å². The molecule has 0 saturated carbocycles. The molecule has 1 aliphatic rings. The lowest BCUT2D eigenvalue weighted by atomic mass is 9.87. The number of thiophene rings is 1. The Bertz CT molecular complexity index is 681. The van der Waals surface area contributed by atoms with E-state index in [1.54, 1.807) is 29.5 Å². The number of amides is 2. The maximum absolute atomic E-state index is 12.7. The number of piperidine rings is 1. The lowest BCUT2D eigenvalue weighted by Gasteiger charge is -2.37. The van der Waals surface area contributed by atoms with Gasteiger partial charge in [0, 0.05) is 29.4 Å². The van der Waals surface area contributed by atoms with Gasteiger partial charge in [0.15, 0.2) is 5.13 Å². The number of hydrogen-bond acceptors (Lipinski definition) is 5. The second kappa shape index (κ2) is 6.18. The lowest BCUT2D eigenvalue weighted by Crippen LogP contribution is -2.44. The van der Waals surface area contributed by atoms with Gasteiger partial charge in [-0.15, -0.1) is 22.7 Å². The summed E-state index contributed by atoms with van der Waals surface area (Å²) in [6.07, 6.45) is 2.73. The largest absolute Gasteiger partial charge is 0.337 e. The molecule has 1 aliphatic heterocycles. The van der Waals surface area contributed by atoms with Gasteiger partial charge in [-0.25, -0.2) is 4.98 Å². The minimum Gasteiger partial charge on any atom is -0.337 e. The van der Waals surface area contributed by atoms with Crippen LogP contribution in [0.5, 0.6) is 0 Å². The van der Waals surface area contributed by atoms with E-state index in [1.165, 1.54) is 11.3 Å². The summed E-state index contributed by atoms with van der Waals surface area (Å²) >= 11 is 3.04. The summed E-state index contributed by atoms with van der Waals surface area (Å²) in [5.74, 6) is -0.217. The number of aryl methyl sites for hydroxylation is 1. The molecule has 2 amide bonds. The average Bonchev–Trinajstić information content (AvgIpc) is 3.13. The minimum absolute atomic E-state index is 0.0629. The molecular weight excluding hydrogens is 318 g/mol. The number of rotatable bonds is 3. The maximum Gasteiger partial charge on any atom is 0.231 e. The zero-order valence-corrected chi connectivity index (χ0v) is 14.0. The van der Waals surface area contributed by atoms with Gasteiger partial charge in [0.05, 0.1) is 12.0 Å². The Labute approximate surface area is 137 Å². The fourth-order valence-corrected chi connectivity index (χ4v) is 4.37. The molecule has 0 radical (unpaired) electrons. The molecule has 3 heterocycles. The van der Waals surface area contributed by atoms with Crippen LogP contribution < -0.4 is 5.32 Å². The van der Waals surface area contributed by atoms with Crippen LogP contribution in [0, 0.1) is 12.8 Å². The summed E-state index contributed by atoms with van der Waals surface area (Å²) in [5, 5.41) is 5.49. The van der Waals surface area contributed by atoms with Gasteiger partial charge in [-0.3, -0.25) is 9.59 Å². The monoisotopic (exact) mass is 335 g/mol.